The first-order valence-electron chi connectivity index (χ1n) is 11.0. The number of benzene rings is 2. The quantitative estimate of drug-likeness (QED) is 0.344. The number of hydrogen-bond donors (Lipinski definition) is 3. The molecule has 1 unspecified atom stereocenters. The van der Waals surface area contributed by atoms with E-state index in [4.69, 9.17) is 15.2 Å². The van der Waals surface area contributed by atoms with E-state index in [0.717, 1.165) is 18.6 Å². The SMILES string of the molecule is C=CC(=O)N1CCC(Nc2ncc(C(N)O)c(Oc3ccc(Oc4ccccc4)cc3)n2)CC1. The van der Waals surface area contributed by atoms with Crippen molar-refractivity contribution >= 4 is 11.9 Å². The average Bonchev–Trinajstić information content (AvgIpc) is 2.86. The Morgan fingerprint density at radius 3 is 2.32 bits per heavy atom. The summed E-state index contributed by atoms with van der Waals surface area (Å²) in [6.45, 7) is 4.79. The van der Waals surface area contributed by atoms with E-state index >= 15 is 0 Å². The predicted molar refractivity (Wildman–Crippen MR) is 128 cm³/mol. The first kappa shape index (κ1) is 23.2. The van der Waals surface area contributed by atoms with Crippen LogP contribution in [0.4, 0.5) is 5.95 Å². The van der Waals surface area contributed by atoms with E-state index in [1.807, 2.05) is 30.3 Å². The summed E-state index contributed by atoms with van der Waals surface area (Å²) in [5.41, 5.74) is 5.94. The number of ether oxygens (including phenoxy) is 2. The van der Waals surface area contributed by atoms with Crippen LogP contribution in [0.1, 0.15) is 24.6 Å². The summed E-state index contributed by atoms with van der Waals surface area (Å²) in [6, 6.07) is 16.6. The van der Waals surface area contributed by atoms with Crippen LogP contribution in [-0.2, 0) is 4.79 Å². The van der Waals surface area contributed by atoms with Crippen LogP contribution in [0, 0.1) is 0 Å². The minimum Gasteiger partial charge on any atom is -0.457 e. The number of amides is 1. The van der Waals surface area contributed by atoms with E-state index in [1.54, 1.807) is 29.2 Å². The van der Waals surface area contributed by atoms with Crippen molar-refractivity contribution in [2.45, 2.75) is 25.1 Å². The predicted octanol–water partition coefficient (Wildman–Crippen LogP) is 3.60. The molecule has 0 bridgehead atoms. The molecule has 4 N–H and O–H groups in total. The fourth-order valence-electron chi connectivity index (χ4n) is 3.60. The molecular formula is C25H27N5O4. The maximum absolute atomic E-state index is 11.8. The molecule has 9 nitrogen and oxygen atoms in total. The minimum absolute atomic E-state index is 0.0631. The van der Waals surface area contributed by atoms with E-state index in [-0.39, 0.29) is 23.4 Å². The van der Waals surface area contributed by atoms with Gasteiger partial charge in [0.25, 0.3) is 0 Å². The molecule has 1 aliphatic rings. The molecule has 2 heterocycles. The molecule has 0 aliphatic carbocycles. The Kier molecular flexibility index (Phi) is 7.36. The van der Waals surface area contributed by atoms with Crippen molar-refractivity contribution in [3.63, 3.8) is 0 Å². The maximum atomic E-state index is 11.8. The number of anilines is 1. The normalized spacial score (nSPS) is 14.8. The van der Waals surface area contributed by atoms with E-state index in [0.29, 0.717) is 30.5 Å². The molecule has 0 spiro atoms. The van der Waals surface area contributed by atoms with Crippen molar-refractivity contribution in [2.75, 3.05) is 18.4 Å². The summed E-state index contributed by atoms with van der Waals surface area (Å²) in [4.78, 5) is 22.2. The van der Waals surface area contributed by atoms with E-state index in [2.05, 4.69) is 21.9 Å². The zero-order valence-electron chi connectivity index (χ0n) is 18.6. The number of carbonyl (C=O) groups excluding carboxylic acids is 1. The van der Waals surface area contributed by atoms with Gasteiger partial charge in [-0.25, -0.2) is 4.98 Å². The molecule has 9 heteroatoms. The molecular weight excluding hydrogens is 434 g/mol. The van der Waals surface area contributed by atoms with Gasteiger partial charge in [-0.05, 0) is 55.3 Å². The number of aliphatic hydroxyl groups is 1. The molecule has 1 amide bonds. The largest absolute Gasteiger partial charge is 0.457 e. The Hall–Kier alpha value is -3.95. The zero-order chi connectivity index (χ0) is 23.9. The Balaban J connectivity index is 1.43. The highest BCUT2D eigenvalue weighted by molar-refractivity contribution is 5.87. The third-order valence-corrected chi connectivity index (χ3v) is 5.43. The van der Waals surface area contributed by atoms with Crippen molar-refractivity contribution in [1.29, 1.82) is 0 Å². The number of piperidine rings is 1. The summed E-state index contributed by atoms with van der Waals surface area (Å²) in [6.07, 6.45) is 2.99. The zero-order valence-corrected chi connectivity index (χ0v) is 18.6. The average molecular weight is 462 g/mol. The molecule has 4 rings (SSSR count). The van der Waals surface area contributed by atoms with Gasteiger partial charge in [-0.2, -0.15) is 4.98 Å². The second-order valence-electron chi connectivity index (χ2n) is 7.84. The van der Waals surface area contributed by atoms with E-state index in [9.17, 15) is 9.90 Å². The number of carbonyl (C=O) groups is 1. The monoisotopic (exact) mass is 461 g/mol. The standard InChI is InChI=1S/C25H27N5O4/c1-2-22(31)30-14-12-17(13-15-30)28-25-27-16-21(23(26)32)24(29-25)34-20-10-8-19(9-11-20)33-18-6-4-3-5-7-18/h2-11,16-17,23,32H,1,12-15,26H2,(H,27,28,29). The Bertz CT molecular complexity index is 1110. The van der Waals surface area contributed by atoms with Crippen molar-refractivity contribution in [1.82, 2.24) is 14.9 Å². The topological polar surface area (TPSA) is 123 Å². The van der Waals surface area contributed by atoms with Gasteiger partial charge in [0.15, 0.2) is 0 Å². The lowest BCUT2D eigenvalue weighted by molar-refractivity contribution is -0.126. The summed E-state index contributed by atoms with van der Waals surface area (Å²) < 4.78 is 11.7. The van der Waals surface area contributed by atoms with Crippen LogP contribution in [0.25, 0.3) is 0 Å². The number of para-hydroxylation sites is 1. The third-order valence-electron chi connectivity index (χ3n) is 5.43. The van der Waals surface area contributed by atoms with Crippen LogP contribution in [0.2, 0.25) is 0 Å². The molecule has 34 heavy (non-hydrogen) atoms. The third kappa shape index (κ3) is 5.89. The number of nitrogens with zero attached hydrogens (tertiary/aromatic N) is 3. The van der Waals surface area contributed by atoms with Gasteiger partial charge in [0.05, 0.1) is 5.56 Å². The van der Waals surface area contributed by atoms with E-state index in [1.165, 1.54) is 12.3 Å². The minimum atomic E-state index is -1.29. The summed E-state index contributed by atoms with van der Waals surface area (Å²) in [7, 11) is 0. The van der Waals surface area contributed by atoms with Crippen LogP contribution in [-0.4, -0.2) is 45.0 Å². The number of hydrogen-bond acceptors (Lipinski definition) is 8. The van der Waals surface area contributed by atoms with Crippen molar-refractivity contribution in [2.24, 2.45) is 5.73 Å². The van der Waals surface area contributed by atoms with Crippen LogP contribution in [0.3, 0.4) is 0 Å². The van der Waals surface area contributed by atoms with Gasteiger partial charge in [-0.3, -0.25) is 4.79 Å². The lowest BCUT2D eigenvalue weighted by atomic mass is 10.1. The summed E-state index contributed by atoms with van der Waals surface area (Å²) in [5.74, 6) is 2.34. The molecule has 0 radical (unpaired) electrons. The van der Waals surface area contributed by atoms with Crippen LogP contribution in [0.15, 0.2) is 73.4 Å². The highest BCUT2D eigenvalue weighted by Crippen LogP contribution is 2.29. The van der Waals surface area contributed by atoms with Crippen LogP contribution in [0.5, 0.6) is 23.1 Å². The molecule has 1 saturated heterocycles. The number of rotatable bonds is 8. The fourth-order valence-corrected chi connectivity index (χ4v) is 3.60. The van der Waals surface area contributed by atoms with Crippen molar-refractivity contribution in [3.8, 4) is 23.1 Å². The van der Waals surface area contributed by atoms with Crippen molar-refractivity contribution in [3.05, 3.63) is 79.0 Å². The van der Waals surface area contributed by atoms with Gasteiger partial charge in [0.2, 0.25) is 17.7 Å². The fraction of sp³-hybridized carbons (Fsp3) is 0.240. The number of aliphatic hydroxyl groups excluding tert-OH is 1. The van der Waals surface area contributed by atoms with Gasteiger partial charge in [-0.15, -0.1) is 0 Å². The molecule has 3 aromatic rings. The Labute approximate surface area is 197 Å². The number of nitrogens with two attached hydrogens (primary N) is 1. The number of nitrogens with one attached hydrogen (secondary N) is 1. The first-order chi connectivity index (χ1) is 16.5. The van der Waals surface area contributed by atoms with Crippen molar-refractivity contribution < 1.29 is 19.4 Å². The second kappa shape index (κ2) is 10.8. The van der Waals surface area contributed by atoms with Gasteiger partial charge in [0.1, 0.15) is 23.5 Å². The van der Waals surface area contributed by atoms with Crippen LogP contribution < -0.4 is 20.5 Å². The maximum Gasteiger partial charge on any atom is 0.245 e. The van der Waals surface area contributed by atoms with Gasteiger partial charge < -0.3 is 30.5 Å². The summed E-state index contributed by atoms with van der Waals surface area (Å²) in [5, 5.41) is 13.2. The van der Waals surface area contributed by atoms with Gasteiger partial charge in [-0.1, -0.05) is 24.8 Å². The molecule has 0 saturated carbocycles. The van der Waals surface area contributed by atoms with Crippen LogP contribution >= 0.6 is 0 Å². The molecule has 1 aliphatic heterocycles. The highest BCUT2D eigenvalue weighted by Gasteiger charge is 2.23. The Morgan fingerprint density at radius 2 is 1.71 bits per heavy atom. The molecule has 1 fully saturated rings. The number of aromatic nitrogens is 2. The lowest BCUT2D eigenvalue weighted by Gasteiger charge is -2.31. The lowest BCUT2D eigenvalue weighted by Crippen LogP contribution is -2.41. The molecule has 176 valence electrons. The highest BCUT2D eigenvalue weighted by atomic mass is 16.5. The Morgan fingerprint density at radius 1 is 1.09 bits per heavy atom. The van der Waals surface area contributed by atoms with Gasteiger partial charge in [0, 0.05) is 25.3 Å². The molecule has 2 aromatic carbocycles. The molecule has 1 atom stereocenters. The smallest absolute Gasteiger partial charge is 0.245 e. The first-order valence-corrected chi connectivity index (χ1v) is 11.0. The summed E-state index contributed by atoms with van der Waals surface area (Å²) >= 11 is 0. The second-order valence-corrected chi connectivity index (χ2v) is 7.84. The van der Waals surface area contributed by atoms with E-state index < -0.39 is 6.23 Å². The van der Waals surface area contributed by atoms with Gasteiger partial charge >= 0.3 is 0 Å². The number of likely N-dealkylation sites (tertiary alicyclic amines) is 1. The molecule has 1 aromatic heterocycles.